The molecule has 1 aliphatic rings. The predicted molar refractivity (Wildman–Crippen MR) is 94.3 cm³/mol. The molecule has 0 saturated carbocycles. The number of aromatic nitrogens is 2. The third-order valence-corrected chi connectivity index (χ3v) is 4.93. The van der Waals surface area contributed by atoms with Crippen LogP contribution >= 0.6 is 11.8 Å². The van der Waals surface area contributed by atoms with Crippen molar-refractivity contribution in [3.63, 3.8) is 0 Å². The van der Waals surface area contributed by atoms with Crippen LogP contribution in [0.3, 0.4) is 0 Å². The van der Waals surface area contributed by atoms with E-state index in [0.717, 1.165) is 12.0 Å². The molecule has 3 rings (SSSR count). The minimum absolute atomic E-state index is 0.0997. The fraction of sp³-hybridized carbons (Fsp3) is 0.308. The molecule has 1 aliphatic heterocycles. The molecule has 12 heteroatoms. The number of rotatable bonds is 6. The van der Waals surface area contributed by atoms with E-state index in [1.807, 2.05) is 0 Å². The zero-order chi connectivity index (χ0) is 18.2. The number of hydrogen-bond acceptors (Lipinski definition) is 8. The van der Waals surface area contributed by atoms with E-state index in [1.54, 1.807) is 10.6 Å². The molecular weight excluding hydrogens is 370 g/mol. The summed E-state index contributed by atoms with van der Waals surface area (Å²) in [7, 11) is -2.06. The largest absolute Gasteiger partial charge is 0.494 e. The van der Waals surface area contributed by atoms with Crippen LogP contribution in [-0.2, 0) is 16.6 Å². The van der Waals surface area contributed by atoms with Gasteiger partial charge in [0.05, 0.1) is 19.1 Å². The van der Waals surface area contributed by atoms with Crippen LogP contribution in [-0.4, -0.2) is 42.0 Å². The molecule has 10 nitrogen and oxygen atoms in total. The Morgan fingerprint density at radius 1 is 1.44 bits per heavy atom. The SMILES string of the molecule is COc1cc(Nc2nc3n(c2[N+](=O)[O-])CCS3)ccc1NS(C)(=O)=O. The van der Waals surface area contributed by atoms with E-state index in [4.69, 9.17) is 4.74 Å². The number of anilines is 3. The van der Waals surface area contributed by atoms with E-state index in [-0.39, 0.29) is 23.1 Å². The van der Waals surface area contributed by atoms with E-state index < -0.39 is 14.9 Å². The van der Waals surface area contributed by atoms with Gasteiger partial charge in [0.2, 0.25) is 15.8 Å². The molecule has 2 aromatic rings. The lowest BCUT2D eigenvalue weighted by Gasteiger charge is -2.12. The van der Waals surface area contributed by atoms with Crippen LogP contribution in [0.2, 0.25) is 0 Å². The van der Waals surface area contributed by atoms with Crippen molar-refractivity contribution in [3.8, 4) is 5.75 Å². The summed E-state index contributed by atoms with van der Waals surface area (Å²) in [4.78, 5) is 15.2. The molecule has 134 valence electrons. The second-order valence-electron chi connectivity index (χ2n) is 5.24. The van der Waals surface area contributed by atoms with Crippen molar-refractivity contribution < 1.29 is 18.1 Å². The van der Waals surface area contributed by atoms with Crippen molar-refractivity contribution in [2.75, 3.05) is 29.2 Å². The molecule has 25 heavy (non-hydrogen) atoms. The molecule has 0 unspecified atom stereocenters. The number of ether oxygens (including phenoxy) is 1. The molecule has 2 heterocycles. The lowest BCUT2D eigenvalue weighted by molar-refractivity contribution is -0.391. The molecule has 0 amide bonds. The molecule has 1 aromatic heterocycles. The van der Waals surface area contributed by atoms with Gasteiger partial charge < -0.3 is 20.2 Å². The average Bonchev–Trinajstić information content (AvgIpc) is 3.07. The minimum Gasteiger partial charge on any atom is -0.494 e. The van der Waals surface area contributed by atoms with Gasteiger partial charge in [-0.3, -0.25) is 4.72 Å². The Balaban J connectivity index is 1.93. The van der Waals surface area contributed by atoms with Crippen molar-refractivity contribution in [2.45, 2.75) is 11.7 Å². The van der Waals surface area contributed by atoms with Gasteiger partial charge in [-0.15, -0.1) is 0 Å². The number of benzene rings is 1. The summed E-state index contributed by atoms with van der Waals surface area (Å²) < 4.78 is 31.8. The molecule has 0 aliphatic carbocycles. The average molecular weight is 385 g/mol. The summed E-state index contributed by atoms with van der Waals surface area (Å²) in [5.74, 6) is 1.07. The molecule has 0 fully saturated rings. The van der Waals surface area contributed by atoms with Crippen molar-refractivity contribution in [1.82, 2.24) is 9.55 Å². The van der Waals surface area contributed by atoms with Gasteiger partial charge in [-0.2, -0.15) is 9.55 Å². The topological polar surface area (TPSA) is 128 Å². The normalized spacial score (nSPS) is 13.4. The number of nitrogens with zero attached hydrogens (tertiary/aromatic N) is 3. The summed E-state index contributed by atoms with van der Waals surface area (Å²) >= 11 is 1.45. The Hall–Kier alpha value is -2.47. The van der Waals surface area contributed by atoms with Gasteiger partial charge in [0.15, 0.2) is 0 Å². The lowest BCUT2D eigenvalue weighted by atomic mass is 10.2. The summed E-state index contributed by atoms with van der Waals surface area (Å²) in [5, 5.41) is 14.9. The van der Waals surface area contributed by atoms with Crippen LogP contribution in [0.25, 0.3) is 0 Å². The number of nitrogens with one attached hydrogen (secondary N) is 2. The van der Waals surface area contributed by atoms with Crippen molar-refractivity contribution >= 4 is 44.8 Å². The molecule has 0 saturated heterocycles. The predicted octanol–water partition coefficient (Wildman–Crippen LogP) is 2.02. The van der Waals surface area contributed by atoms with Gasteiger partial charge in [-0.1, -0.05) is 11.8 Å². The second kappa shape index (κ2) is 6.44. The van der Waals surface area contributed by atoms with E-state index >= 15 is 0 Å². The number of imidazole rings is 1. The number of nitro groups is 1. The first-order valence-electron chi connectivity index (χ1n) is 7.09. The van der Waals surface area contributed by atoms with Gasteiger partial charge in [0.1, 0.15) is 12.3 Å². The van der Waals surface area contributed by atoms with Gasteiger partial charge >= 0.3 is 5.82 Å². The highest BCUT2D eigenvalue weighted by Crippen LogP contribution is 2.37. The number of fused-ring (bicyclic) bond motifs is 1. The Bertz CT molecular complexity index is 941. The zero-order valence-electron chi connectivity index (χ0n) is 13.3. The van der Waals surface area contributed by atoms with Crippen LogP contribution in [0.15, 0.2) is 23.4 Å². The van der Waals surface area contributed by atoms with Gasteiger partial charge in [0.25, 0.3) is 5.16 Å². The third kappa shape index (κ3) is 3.64. The van der Waals surface area contributed by atoms with Crippen LogP contribution < -0.4 is 14.8 Å². The van der Waals surface area contributed by atoms with Gasteiger partial charge in [0, 0.05) is 17.5 Å². The fourth-order valence-corrected chi connectivity index (χ4v) is 3.94. The maximum absolute atomic E-state index is 11.4. The van der Waals surface area contributed by atoms with Crippen LogP contribution in [0.4, 0.5) is 23.0 Å². The Morgan fingerprint density at radius 3 is 2.84 bits per heavy atom. The quantitative estimate of drug-likeness (QED) is 0.571. The monoisotopic (exact) mass is 385 g/mol. The first kappa shape index (κ1) is 17.4. The summed E-state index contributed by atoms with van der Waals surface area (Å²) in [5.41, 5.74) is 0.758. The Morgan fingerprint density at radius 2 is 2.20 bits per heavy atom. The fourth-order valence-electron chi connectivity index (χ4n) is 2.42. The highest BCUT2D eigenvalue weighted by atomic mass is 32.2. The van der Waals surface area contributed by atoms with Gasteiger partial charge in [-0.05, 0) is 17.1 Å². The Kier molecular flexibility index (Phi) is 4.47. The lowest BCUT2D eigenvalue weighted by Crippen LogP contribution is -2.10. The number of thioether (sulfide) groups is 1. The smallest absolute Gasteiger partial charge is 0.368 e. The zero-order valence-corrected chi connectivity index (χ0v) is 15.0. The molecule has 0 bridgehead atoms. The highest BCUT2D eigenvalue weighted by Gasteiger charge is 2.31. The minimum atomic E-state index is -3.46. The first-order chi connectivity index (χ1) is 11.8. The first-order valence-corrected chi connectivity index (χ1v) is 9.97. The standard InChI is InChI=1S/C13H15N5O5S2/c1-23-10-7-8(3-4-9(10)16-25(2,21)22)14-11-12(18(19)20)17-5-6-24-13(17)15-11/h3-4,7,14,16H,5-6H2,1-2H3. The van der Waals surface area contributed by atoms with Crippen LogP contribution in [0, 0.1) is 10.1 Å². The number of sulfonamides is 1. The van der Waals surface area contributed by atoms with E-state index in [1.165, 1.54) is 31.0 Å². The van der Waals surface area contributed by atoms with Crippen molar-refractivity contribution in [2.24, 2.45) is 0 Å². The molecule has 0 atom stereocenters. The summed E-state index contributed by atoms with van der Waals surface area (Å²) in [6.07, 6.45) is 1.03. The van der Waals surface area contributed by atoms with E-state index in [0.29, 0.717) is 17.4 Å². The van der Waals surface area contributed by atoms with Crippen molar-refractivity contribution in [3.05, 3.63) is 28.3 Å². The molecule has 1 aromatic carbocycles. The summed E-state index contributed by atoms with van der Waals surface area (Å²) in [6.45, 7) is 0.533. The maximum Gasteiger partial charge on any atom is 0.368 e. The highest BCUT2D eigenvalue weighted by molar-refractivity contribution is 7.99. The van der Waals surface area contributed by atoms with Crippen LogP contribution in [0.5, 0.6) is 5.75 Å². The third-order valence-electron chi connectivity index (χ3n) is 3.38. The number of hydrogen-bond donors (Lipinski definition) is 2. The second-order valence-corrected chi connectivity index (χ2v) is 8.05. The maximum atomic E-state index is 11.4. The van der Waals surface area contributed by atoms with E-state index in [2.05, 4.69) is 15.0 Å². The van der Waals surface area contributed by atoms with Gasteiger partial charge in [-0.25, -0.2) is 8.42 Å². The van der Waals surface area contributed by atoms with Crippen LogP contribution in [0.1, 0.15) is 0 Å². The molecule has 0 radical (unpaired) electrons. The van der Waals surface area contributed by atoms with E-state index in [9.17, 15) is 18.5 Å². The summed E-state index contributed by atoms with van der Waals surface area (Å²) in [6, 6.07) is 4.62. The number of methoxy groups -OCH3 is 1. The molecular formula is C13H15N5O5S2. The van der Waals surface area contributed by atoms with Crippen molar-refractivity contribution in [1.29, 1.82) is 0 Å². The molecule has 0 spiro atoms. The molecule has 2 N–H and O–H groups in total. The Labute approximate surface area is 147 Å².